The Kier molecular flexibility index (Phi) is 3.99. The van der Waals surface area contributed by atoms with Gasteiger partial charge in [-0.05, 0) is 42.3 Å². The van der Waals surface area contributed by atoms with E-state index in [-0.39, 0.29) is 10.9 Å². The monoisotopic (exact) mass is 340 g/mol. The van der Waals surface area contributed by atoms with Crippen molar-refractivity contribution in [1.82, 2.24) is 4.98 Å². The van der Waals surface area contributed by atoms with E-state index in [1.807, 2.05) is 12.1 Å². The van der Waals surface area contributed by atoms with Gasteiger partial charge < -0.3 is 9.64 Å². The zero-order valence-corrected chi connectivity index (χ0v) is 13.9. The number of ether oxygens (including phenoxy) is 1. The van der Waals surface area contributed by atoms with E-state index in [9.17, 15) is 8.78 Å². The lowest BCUT2D eigenvalue weighted by Gasteiger charge is -2.21. The molecule has 0 bridgehead atoms. The molecule has 0 amide bonds. The van der Waals surface area contributed by atoms with Gasteiger partial charge in [0, 0.05) is 25.2 Å². The van der Waals surface area contributed by atoms with Crippen LogP contribution in [0.3, 0.4) is 0 Å². The highest BCUT2D eigenvalue weighted by Crippen LogP contribution is 2.36. The van der Waals surface area contributed by atoms with Crippen LogP contribution < -0.4 is 9.64 Å². The highest BCUT2D eigenvalue weighted by molar-refractivity contribution is 5.92. The fourth-order valence-corrected chi connectivity index (χ4v) is 3.57. The molecule has 1 atom stereocenters. The van der Waals surface area contributed by atoms with Gasteiger partial charge in [-0.1, -0.05) is 12.1 Å². The maximum atomic E-state index is 14.3. The maximum Gasteiger partial charge on any atom is 0.149 e. The molecule has 1 fully saturated rings. The number of anilines is 1. The number of hydrogen-bond acceptors (Lipinski definition) is 3. The molecule has 2 heterocycles. The smallest absolute Gasteiger partial charge is 0.149 e. The first-order valence-electron chi connectivity index (χ1n) is 8.29. The summed E-state index contributed by atoms with van der Waals surface area (Å²) in [5.74, 6) is 0.249. The Morgan fingerprint density at radius 2 is 1.80 bits per heavy atom. The Balaban J connectivity index is 1.66. The zero-order chi connectivity index (χ0) is 17.4. The van der Waals surface area contributed by atoms with E-state index in [0.717, 1.165) is 31.3 Å². The van der Waals surface area contributed by atoms with Crippen molar-refractivity contribution in [2.75, 3.05) is 25.1 Å². The van der Waals surface area contributed by atoms with Gasteiger partial charge in [0.2, 0.25) is 0 Å². The standard InChI is InChI=1S/C20H18F2N2O/c1-25-15-4-2-13(3-5-15)14-9-11-24(12-14)18-8-10-23-20-17(22)7-6-16(21)19(18)20/h2-8,10,14H,9,11-12H2,1H3. The lowest BCUT2D eigenvalue weighted by molar-refractivity contribution is 0.414. The molecule has 2 aromatic carbocycles. The third-order valence-electron chi connectivity index (χ3n) is 4.89. The van der Waals surface area contributed by atoms with Crippen LogP contribution >= 0.6 is 0 Å². The molecule has 128 valence electrons. The van der Waals surface area contributed by atoms with Crippen LogP contribution in [0.25, 0.3) is 10.9 Å². The van der Waals surface area contributed by atoms with Crippen LogP contribution in [0.4, 0.5) is 14.5 Å². The van der Waals surface area contributed by atoms with Crippen molar-refractivity contribution >= 4 is 16.6 Å². The Hall–Kier alpha value is -2.69. The molecule has 0 aliphatic carbocycles. The number of methoxy groups -OCH3 is 1. The molecule has 0 spiro atoms. The molecule has 0 N–H and O–H groups in total. The summed E-state index contributed by atoms with van der Waals surface area (Å²) >= 11 is 0. The van der Waals surface area contributed by atoms with E-state index in [0.29, 0.717) is 11.6 Å². The first-order chi connectivity index (χ1) is 12.2. The molecule has 3 nitrogen and oxygen atoms in total. The van der Waals surface area contributed by atoms with Gasteiger partial charge in [-0.3, -0.25) is 4.98 Å². The minimum absolute atomic E-state index is 0.0883. The van der Waals surface area contributed by atoms with Gasteiger partial charge in [-0.15, -0.1) is 0 Å². The molecular weight excluding hydrogens is 322 g/mol. The van der Waals surface area contributed by atoms with E-state index in [1.165, 1.54) is 11.6 Å². The first kappa shape index (κ1) is 15.8. The van der Waals surface area contributed by atoms with Crippen LogP contribution in [0, 0.1) is 11.6 Å². The van der Waals surface area contributed by atoms with Gasteiger partial charge in [-0.25, -0.2) is 8.78 Å². The van der Waals surface area contributed by atoms with Crippen molar-refractivity contribution in [1.29, 1.82) is 0 Å². The first-order valence-corrected chi connectivity index (χ1v) is 8.29. The largest absolute Gasteiger partial charge is 0.497 e. The van der Waals surface area contributed by atoms with Crippen molar-refractivity contribution in [2.24, 2.45) is 0 Å². The summed E-state index contributed by atoms with van der Waals surface area (Å²) in [5, 5.41) is 0.262. The van der Waals surface area contributed by atoms with Gasteiger partial charge in [0.25, 0.3) is 0 Å². The van der Waals surface area contributed by atoms with Crippen molar-refractivity contribution in [3.05, 3.63) is 65.9 Å². The Morgan fingerprint density at radius 3 is 2.56 bits per heavy atom. The Morgan fingerprint density at radius 1 is 1.04 bits per heavy atom. The lowest BCUT2D eigenvalue weighted by Crippen LogP contribution is -2.20. The number of aromatic nitrogens is 1. The van der Waals surface area contributed by atoms with Crippen LogP contribution in [0.2, 0.25) is 0 Å². The second kappa shape index (κ2) is 6.31. The summed E-state index contributed by atoms with van der Waals surface area (Å²) in [4.78, 5) is 6.13. The predicted molar refractivity (Wildman–Crippen MR) is 94.2 cm³/mol. The van der Waals surface area contributed by atoms with E-state index >= 15 is 0 Å². The fourth-order valence-electron chi connectivity index (χ4n) is 3.57. The second-order valence-corrected chi connectivity index (χ2v) is 6.29. The van der Waals surface area contributed by atoms with Crippen molar-refractivity contribution in [3.63, 3.8) is 0 Å². The topological polar surface area (TPSA) is 25.4 Å². The van der Waals surface area contributed by atoms with Crippen LogP contribution in [-0.2, 0) is 0 Å². The maximum absolute atomic E-state index is 14.3. The molecule has 3 aromatic rings. The summed E-state index contributed by atoms with van der Waals surface area (Å²) in [5.41, 5.74) is 2.02. The number of rotatable bonds is 3. The summed E-state index contributed by atoms with van der Waals surface area (Å²) in [6.45, 7) is 1.56. The van der Waals surface area contributed by atoms with Crippen molar-refractivity contribution in [3.8, 4) is 5.75 Å². The molecule has 4 rings (SSSR count). The zero-order valence-electron chi connectivity index (χ0n) is 13.9. The highest BCUT2D eigenvalue weighted by atomic mass is 19.1. The van der Waals surface area contributed by atoms with E-state index < -0.39 is 11.6 Å². The molecule has 1 aromatic heterocycles. The number of hydrogen-bond donors (Lipinski definition) is 0. The quantitative estimate of drug-likeness (QED) is 0.701. The van der Waals surface area contributed by atoms with Gasteiger partial charge in [0.05, 0.1) is 18.2 Å². The minimum Gasteiger partial charge on any atom is -0.497 e. The number of nitrogens with zero attached hydrogens (tertiary/aromatic N) is 2. The number of benzene rings is 2. The van der Waals surface area contributed by atoms with Crippen LogP contribution in [0.15, 0.2) is 48.7 Å². The summed E-state index contributed by atoms with van der Waals surface area (Å²) < 4.78 is 33.5. The molecule has 1 aliphatic rings. The molecule has 5 heteroatoms. The van der Waals surface area contributed by atoms with E-state index in [1.54, 1.807) is 19.4 Å². The number of halogens is 2. The lowest BCUT2D eigenvalue weighted by atomic mass is 9.98. The molecule has 1 unspecified atom stereocenters. The molecule has 1 saturated heterocycles. The third-order valence-corrected chi connectivity index (χ3v) is 4.89. The average molecular weight is 340 g/mol. The summed E-state index contributed by atoms with van der Waals surface area (Å²) in [6.07, 6.45) is 2.51. The highest BCUT2D eigenvalue weighted by Gasteiger charge is 2.26. The SMILES string of the molecule is COc1ccc(C2CCN(c3ccnc4c(F)ccc(F)c34)C2)cc1. The van der Waals surface area contributed by atoms with Crippen LogP contribution in [-0.4, -0.2) is 25.2 Å². The van der Waals surface area contributed by atoms with Crippen molar-refractivity contribution < 1.29 is 13.5 Å². The van der Waals surface area contributed by atoms with Crippen LogP contribution in [0.5, 0.6) is 5.75 Å². The fraction of sp³-hybridized carbons (Fsp3) is 0.250. The molecule has 25 heavy (non-hydrogen) atoms. The van der Waals surface area contributed by atoms with Crippen molar-refractivity contribution in [2.45, 2.75) is 12.3 Å². The van der Waals surface area contributed by atoms with E-state index in [4.69, 9.17) is 4.74 Å². The third kappa shape index (κ3) is 2.80. The van der Waals surface area contributed by atoms with Gasteiger partial charge in [0.1, 0.15) is 22.9 Å². The molecular formula is C20H18F2N2O. The Labute approximate surface area is 144 Å². The summed E-state index contributed by atoms with van der Waals surface area (Å²) in [7, 11) is 1.65. The normalized spacial score (nSPS) is 17.2. The Bertz CT molecular complexity index is 911. The van der Waals surface area contributed by atoms with Gasteiger partial charge in [0.15, 0.2) is 0 Å². The minimum atomic E-state index is -0.496. The predicted octanol–water partition coefficient (Wildman–Crippen LogP) is 4.52. The number of pyridine rings is 1. The second-order valence-electron chi connectivity index (χ2n) is 6.29. The van der Waals surface area contributed by atoms with Crippen LogP contribution in [0.1, 0.15) is 17.9 Å². The number of fused-ring (bicyclic) bond motifs is 1. The molecule has 1 aliphatic heterocycles. The summed E-state index contributed by atoms with van der Waals surface area (Å²) in [6, 6.07) is 12.1. The molecule has 0 radical (unpaired) electrons. The van der Waals surface area contributed by atoms with E-state index in [2.05, 4.69) is 22.0 Å². The average Bonchev–Trinajstić information content (AvgIpc) is 3.14. The van der Waals surface area contributed by atoms with Gasteiger partial charge >= 0.3 is 0 Å². The molecule has 0 saturated carbocycles. The van der Waals surface area contributed by atoms with Gasteiger partial charge in [-0.2, -0.15) is 0 Å².